The topological polar surface area (TPSA) is 66.6 Å². The van der Waals surface area contributed by atoms with Crippen molar-refractivity contribution in [1.29, 1.82) is 0 Å². The van der Waals surface area contributed by atoms with Gasteiger partial charge in [0, 0.05) is 24.5 Å². The third-order valence-electron chi connectivity index (χ3n) is 3.81. The molecule has 1 heterocycles. The van der Waals surface area contributed by atoms with Gasteiger partial charge < -0.3 is 15.7 Å². The Balaban J connectivity index is 1.99. The van der Waals surface area contributed by atoms with E-state index >= 15 is 0 Å². The third kappa shape index (κ3) is 1.99. The second-order valence-electron chi connectivity index (χ2n) is 5.15. The maximum absolute atomic E-state index is 11.3. The number of hydrogen-bond donors (Lipinski definition) is 2. The van der Waals surface area contributed by atoms with Crippen LogP contribution in [0.15, 0.2) is 36.4 Å². The number of benzene rings is 2. The van der Waals surface area contributed by atoms with Gasteiger partial charge >= 0.3 is 5.97 Å². The van der Waals surface area contributed by atoms with Crippen molar-refractivity contribution in [3.8, 4) is 0 Å². The van der Waals surface area contributed by atoms with Crippen LogP contribution in [0.5, 0.6) is 0 Å². The number of hydrogen-bond acceptors (Lipinski definition) is 3. The van der Waals surface area contributed by atoms with Crippen LogP contribution in [-0.4, -0.2) is 11.1 Å². The smallest absolute Gasteiger partial charge is 0.337 e. The lowest BCUT2D eigenvalue weighted by molar-refractivity contribution is 0.0698. The number of nitrogen functional groups attached to an aromatic ring is 1. The van der Waals surface area contributed by atoms with E-state index in [0.717, 1.165) is 24.3 Å². The SMILES string of the molecule is Cc1cc(N2Cc3ccccc3C2)cc(C(=O)O)c1N. The molecule has 0 saturated heterocycles. The first-order chi connectivity index (χ1) is 9.56. The number of anilines is 2. The summed E-state index contributed by atoms with van der Waals surface area (Å²) in [6.07, 6.45) is 0. The van der Waals surface area contributed by atoms with Crippen LogP contribution >= 0.6 is 0 Å². The van der Waals surface area contributed by atoms with Gasteiger partial charge in [0.1, 0.15) is 0 Å². The predicted octanol–water partition coefficient (Wildman–Crippen LogP) is 2.80. The van der Waals surface area contributed by atoms with Crippen LogP contribution in [0.3, 0.4) is 0 Å². The molecular weight excluding hydrogens is 252 g/mol. The Hall–Kier alpha value is -2.49. The third-order valence-corrected chi connectivity index (χ3v) is 3.81. The molecule has 0 spiro atoms. The molecule has 1 aliphatic heterocycles. The van der Waals surface area contributed by atoms with Gasteiger partial charge in [0.05, 0.1) is 5.56 Å². The van der Waals surface area contributed by atoms with Crippen LogP contribution in [-0.2, 0) is 13.1 Å². The van der Waals surface area contributed by atoms with E-state index in [0.29, 0.717) is 5.69 Å². The fraction of sp³-hybridized carbons (Fsp3) is 0.188. The average Bonchev–Trinajstić information content (AvgIpc) is 2.85. The van der Waals surface area contributed by atoms with Gasteiger partial charge in [-0.05, 0) is 35.7 Å². The molecule has 0 radical (unpaired) electrons. The number of carboxylic acid groups (broad SMARTS) is 1. The molecule has 4 heteroatoms. The molecule has 0 amide bonds. The lowest BCUT2D eigenvalue weighted by Crippen LogP contribution is -2.16. The summed E-state index contributed by atoms with van der Waals surface area (Å²) in [6.45, 7) is 3.45. The monoisotopic (exact) mass is 268 g/mol. The van der Waals surface area contributed by atoms with Gasteiger partial charge in [-0.2, -0.15) is 0 Å². The van der Waals surface area contributed by atoms with Crippen molar-refractivity contribution in [2.24, 2.45) is 0 Å². The van der Waals surface area contributed by atoms with Crippen molar-refractivity contribution in [3.05, 3.63) is 58.7 Å². The van der Waals surface area contributed by atoms with E-state index in [9.17, 15) is 9.90 Å². The molecule has 102 valence electrons. The maximum atomic E-state index is 11.3. The van der Waals surface area contributed by atoms with Crippen molar-refractivity contribution in [2.75, 3.05) is 10.6 Å². The standard InChI is InChI=1S/C16H16N2O2/c1-10-6-13(7-14(15(10)17)16(19)20)18-8-11-4-2-3-5-12(11)9-18/h2-7H,8-9,17H2,1H3,(H,19,20). The molecule has 0 bridgehead atoms. The lowest BCUT2D eigenvalue weighted by Gasteiger charge is -2.20. The number of fused-ring (bicyclic) bond motifs is 1. The Morgan fingerprint density at radius 3 is 2.35 bits per heavy atom. The number of rotatable bonds is 2. The highest BCUT2D eigenvalue weighted by Crippen LogP contribution is 2.31. The number of carbonyl (C=O) groups is 1. The van der Waals surface area contributed by atoms with E-state index in [4.69, 9.17) is 5.73 Å². The van der Waals surface area contributed by atoms with Crippen LogP contribution in [0.1, 0.15) is 27.0 Å². The molecular formula is C16H16N2O2. The second-order valence-corrected chi connectivity index (χ2v) is 5.15. The highest BCUT2D eigenvalue weighted by molar-refractivity contribution is 5.95. The molecule has 0 aliphatic carbocycles. The average molecular weight is 268 g/mol. The fourth-order valence-electron chi connectivity index (χ4n) is 2.65. The first kappa shape index (κ1) is 12.5. The summed E-state index contributed by atoms with van der Waals surface area (Å²) in [5, 5.41) is 9.23. The fourth-order valence-corrected chi connectivity index (χ4v) is 2.65. The van der Waals surface area contributed by atoms with Crippen molar-refractivity contribution < 1.29 is 9.90 Å². The normalized spacial score (nSPS) is 13.3. The van der Waals surface area contributed by atoms with Crippen molar-refractivity contribution in [2.45, 2.75) is 20.0 Å². The molecule has 2 aromatic rings. The molecule has 3 N–H and O–H groups in total. The first-order valence-electron chi connectivity index (χ1n) is 6.51. The van der Waals surface area contributed by atoms with Crippen LogP contribution in [0.2, 0.25) is 0 Å². The summed E-state index contributed by atoms with van der Waals surface area (Å²) in [7, 11) is 0. The largest absolute Gasteiger partial charge is 0.478 e. The molecule has 3 rings (SSSR count). The zero-order valence-electron chi connectivity index (χ0n) is 11.3. The van der Waals surface area contributed by atoms with E-state index in [1.807, 2.05) is 25.1 Å². The molecule has 4 nitrogen and oxygen atoms in total. The van der Waals surface area contributed by atoms with Gasteiger partial charge in [-0.3, -0.25) is 0 Å². The summed E-state index contributed by atoms with van der Waals surface area (Å²) in [5.74, 6) is -0.982. The Morgan fingerprint density at radius 1 is 1.20 bits per heavy atom. The highest BCUT2D eigenvalue weighted by atomic mass is 16.4. The van der Waals surface area contributed by atoms with E-state index in [1.165, 1.54) is 11.1 Å². The van der Waals surface area contributed by atoms with Gasteiger partial charge in [-0.25, -0.2) is 4.79 Å². The minimum Gasteiger partial charge on any atom is -0.478 e. The maximum Gasteiger partial charge on any atom is 0.337 e. The number of carboxylic acids is 1. The quantitative estimate of drug-likeness (QED) is 0.822. The van der Waals surface area contributed by atoms with Crippen molar-refractivity contribution in [3.63, 3.8) is 0 Å². The minimum absolute atomic E-state index is 0.177. The van der Waals surface area contributed by atoms with E-state index in [-0.39, 0.29) is 5.56 Å². The van der Waals surface area contributed by atoms with Crippen LogP contribution in [0.25, 0.3) is 0 Å². The predicted molar refractivity (Wildman–Crippen MR) is 78.9 cm³/mol. The molecule has 0 aromatic heterocycles. The summed E-state index contributed by atoms with van der Waals surface area (Å²) >= 11 is 0. The van der Waals surface area contributed by atoms with Crippen molar-refractivity contribution in [1.82, 2.24) is 0 Å². The van der Waals surface area contributed by atoms with Crippen LogP contribution in [0, 0.1) is 6.92 Å². The van der Waals surface area contributed by atoms with E-state index in [2.05, 4.69) is 17.0 Å². The zero-order chi connectivity index (χ0) is 14.3. The molecule has 0 saturated carbocycles. The van der Waals surface area contributed by atoms with E-state index < -0.39 is 5.97 Å². The Bertz CT molecular complexity index is 670. The summed E-state index contributed by atoms with van der Waals surface area (Å²) in [6, 6.07) is 11.9. The number of nitrogens with zero attached hydrogens (tertiary/aromatic N) is 1. The van der Waals surface area contributed by atoms with Gasteiger partial charge in [0.2, 0.25) is 0 Å². The minimum atomic E-state index is -0.982. The summed E-state index contributed by atoms with van der Waals surface area (Å²) in [4.78, 5) is 13.4. The van der Waals surface area contributed by atoms with Gasteiger partial charge in [-0.15, -0.1) is 0 Å². The zero-order valence-corrected chi connectivity index (χ0v) is 11.3. The summed E-state index contributed by atoms with van der Waals surface area (Å²) in [5.41, 5.74) is 10.6. The van der Waals surface area contributed by atoms with Crippen LogP contribution in [0.4, 0.5) is 11.4 Å². The Labute approximate surface area is 117 Å². The molecule has 2 aromatic carbocycles. The van der Waals surface area contributed by atoms with E-state index in [1.54, 1.807) is 6.07 Å². The van der Waals surface area contributed by atoms with Crippen LogP contribution < -0.4 is 10.6 Å². The Kier molecular flexibility index (Phi) is 2.86. The van der Waals surface area contributed by atoms with Gasteiger partial charge in [0.25, 0.3) is 0 Å². The molecule has 20 heavy (non-hydrogen) atoms. The number of nitrogens with two attached hydrogens (primary N) is 1. The first-order valence-corrected chi connectivity index (χ1v) is 6.51. The van der Waals surface area contributed by atoms with Gasteiger partial charge in [0.15, 0.2) is 0 Å². The Morgan fingerprint density at radius 2 is 1.80 bits per heavy atom. The molecule has 1 aliphatic rings. The van der Waals surface area contributed by atoms with Gasteiger partial charge in [-0.1, -0.05) is 24.3 Å². The molecule has 0 atom stereocenters. The molecule has 0 unspecified atom stereocenters. The second kappa shape index (κ2) is 4.56. The number of aryl methyl sites for hydroxylation is 1. The van der Waals surface area contributed by atoms with Crippen molar-refractivity contribution >= 4 is 17.3 Å². The lowest BCUT2D eigenvalue weighted by atomic mass is 10.1. The number of aromatic carboxylic acids is 1. The molecule has 0 fully saturated rings. The summed E-state index contributed by atoms with van der Waals surface area (Å²) < 4.78 is 0. The highest BCUT2D eigenvalue weighted by Gasteiger charge is 2.21.